The molecule has 0 saturated carbocycles. The molecule has 3 N–H and O–H groups in total. The summed E-state index contributed by atoms with van der Waals surface area (Å²) in [5.74, 6) is -1.84. The number of thioether (sulfide) groups is 1. The average molecular weight is 272 g/mol. The van der Waals surface area contributed by atoms with Gasteiger partial charge in [0.2, 0.25) is 0 Å². The van der Waals surface area contributed by atoms with Crippen molar-refractivity contribution >= 4 is 23.7 Å². The van der Waals surface area contributed by atoms with Crippen molar-refractivity contribution in [1.82, 2.24) is 9.97 Å². The first-order valence-corrected chi connectivity index (χ1v) is 6.74. The van der Waals surface area contributed by atoms with Gasteiger partial charge in [-0.05, 0) is 6.42 Å². The number of hydrogen-bond donors (Lipinski definition) is 3. The SMILES string of the molecule is CCCCCCSc1nc(C(=O)O)c(C(=O)O)[nH]1. The largest absolute Gasteiger partial charge is 0.477 e. The molecule has 1 rings (SSSR count). The third-order valence-corrected chi connectivity index (χ3v) is 3.29. The van der Waals surface area contributed by atoms with E-state index >= 15 is 0 Å². The number of aromatic amines is 1. The van der Waals surface area contributed by atoms with Crippen LogP contribution >= 0.6 is 11.8 Å². The topological polar surface area (TPSA) is 103 Å². The van der Waals surface area contributed by atoms with E-state index in [2.05, 4.69) is 16.9 Å². The van der Waals surface area contributed by atoms with Crippen molar-refractivity contribution in [2.45, 2.75) is 37.8 Å². The van der Waals surface area contributed by atoms with Crippen LogP contribution in [-0.4, -0.2) is 37.9 Å². The Bertz CT molecular complexity index is 399. The number of unbranched alkanes of at least 4 members (excludes halogenated alkanes) is 3. The molecule has 0 amide bonds. The molecule has 7 heteroatoms. The number of nitrogens with zero attached hydrogens (tertiary/aromatic N) is 1. The van der Waals surface area contributed by atoms with Crippen molar-refractivity contribution in [3.05, 3.63) is 11.4 Å². The summed E-state index contributed by atoms with van der Waals surface area (Å²) in [4.78, 5) is 27.9. The number of hydrogen-bond acceptors (Lipinski definition) is 4. The van der Waals surface area contributed by atoms with Gasteiger partial charge in [-0.15, -0.1) is 0 Å². The molecular formula is C11H16N2O4S. The first-order valence-electron chi connectivity index (χ1n) is 5.75. The summed E-state index contributed by atoms with van der Waals surface area (Å²) in [5.41, 5.74) is -0.794. The van der Waals surface area contributed by atoms with Crippen LogP contribution < -0.4 is 0 Å². The Morgan fingerprint density at radius 2 is 1.94 bits per heavy atom. The predicted molar refractivity (Wildman–Crippen MR) is 67.4 cm³/mol. The maximum atomic E-state index is 10.8. The summed E-state index contributed by atoms with van der Waals surface area (Å²) in [6.45, 7) is 2.12. The first kappa shape index (κ1) is 14.6. The summed E-state index contributed by atoms with van der Waals surface area (Å²) < 4.78 is 0. The van der Waals surface area contributed by atoms with Gasteiger partial charge in [-0.25, -0.2) is 14.6 Å². The van der Waals surface area contributed by atoms with E-state index in [0.717, 1.165) is 25.0 Å². The minimum atomic E-state index is -1.33. The van der Waals surface area contributed by atoms with Gasteiger partial charge in [-0.1, -0.05) is 37.9 Å². The van der Waals surface area contributed by atoms with Crippen LogP contribution in [0, 0.1) is 0 Å². The summed E-state index contributed by atoms with van der Waals surface area (Å²) in [6.07, 6.45) is 4.43. The van der Waals surface area contributed by atoms with Crippen LogP contribution in [0.25, 0.3) is 0 Å². The van der Waals surface area contributed by atoms with E-state index in [1.807, 2.05) is 0 Å². The first-order chi connectivity index (χ1) is 8.56. The number of aromatic carboxylic acids is 2. The maximum Gasteiger partial charge on any atom is 0.357 e. The lowest BCUT2D eigenvalue weighted by atomic mass is 10.2. The van der Waals surface area contributed by atoms with Gasteiger partial charge < -0.3 is 15.2 Å². The van der Waals surface area contributed by atoms with E-state index in [9.17, 15) is 9.59 Å². The lowest BCUT2D eigenvalue weighted by molar-refractivity contribution is 0.0644. The molecule has 1 aromatic rings. The zero-order valence-corrected chi connectivity index (χ0v) is 10.9. The number of H-pyrrole nitrogens is 1. The van der Waals surface area contributed by atoms with E-state index in [4.69, 9.17) is 10.2 Å². The molecule has 0 atom stereocenters. The third-order valence-electron chi connectivity index (χ3n) is 2.34. The molecule has 0 unspecified atom stereocenters. The molecule has 0 aliphatic rings. The minimum Gasteiger partial charge on any atom is -0.477 e. The average Bonchev–Trinajstić information content (AvgIpc) is 2.73. The minimum absolute atomic E-state index is 0.348. The summed E-state index contributed by atoms with van der Waals surface area (Å²) >= 11 is 1.35. The van der Waals surface area contributed by atoms with Gasteiger partial charge in [0.25, 0.3) is 0 Å². The van der Waals surface area contributed by atoms with Gasteiger partial charge in [-0.2, -0.15) is 0 Å². The van der Waals surface area contributed by atoms with Crippen LogP contribution in [0.5, 0.6) is 0 Å². The zero-order valence-electron chi connectivity index (χ0n) is 10.1. The number of aromatic nitrogens is 2. The van der Waals surface area contributed by atoms with Gasteiger partial charge in [-0.3, -0.25) is 0 Å². The Balaban J connectivity index is 2.59. The second-order valence-electron chi connectivity index (χ2n) is 3.78. The van der Waals surface area contributed by atoms with E-state index in [1.54, 1.807) is 0 Å². The number of imidazole rings is 1. The van der Waals surface area contributed by atoms with E-state index < -0.39 is 17.6 Å². The highest BCUT2D eigenvalue weighted by Gasteiger charge is 2.21. The number of nitrogens with one attached hydrogen (secondary N) is 1. The van der Waals surface area contributed by atoms with Crippen molar-refractivity contribution in [2.24, 2.45) is 0 Å². The van der Waals surface area contributed by atoms with Crippen molar-refractivity contribution in [3.63, 3.8) is 0 Å². The smallest absolute Gasteiger partial charge is 0.357 e. The van der Waals surface area contributed by atoms with E-state index in [0.29, 0.717) is 5.16 Å². The Morgan fingerprint density at radius 3 is 2.44 bits per heavy atom. The number of carboxylic acid groups (broad SMARTS) is 2. The molecule has 0 radical (unpaired) electrons. The number of rotatable bonds is 8. The van der Waals surface area contributed by atoms with Crippen LogP contribution in [-0.2, 0) is 0 Å². The molecule has 1 aromatic heterocycles. The van der Waals surface area contributed by atoms with Gasteiger partial charge >= 0.3 is 11.9 Å². The van der Waals surface area contributed by atoms with Gasteiger partial charge in [0, 0.05) is 5.75 Å². The van der Waals surface area contributed by atoms with Crippen LogP contribution in [0.15, 0.2) is 5.16 Å². The number of carbonyl (C=O) groups is 2. The molecular weight excluding hydrogens is 256 g/mol. The van der Waals surface area contributed by atoms with Crippen LogP contribution in [0.1, 0.15) is 53.6 Å². The fraction of sp³-hybridized carbons (Fsp3) is 0.545. The van der Waals surface area contributed by atoms with E-state index in [1.165, 1.54) is 18.2 Å². The summed E-state index contributed by atoms with van der Waals surface area (Å²) in [7, 11) is 0. The molecule has 100 valence electrons. The summed E-state index contributed by atoms with van der Waals surface area (Å²) in [5, 5.41) is 18.0. The van der Waals surface area contributed by atoms with Crippen LogP contribution in [0.4, 0.5) is 0 Å². The molecule has 0 aliphatic carbocycles. The fourth-order valence-corrected chi connectivity index (χ4v) is 2.30. The number of carboxylic acids is 2. The molecule has 1 heterocycles. The molecule has 18 heavy (non-hydrogen) atoms. The Hall–Kier alpha value is -1.50. The Morgan fingerprint density at radius 1 is 1.22 bits per heavy atom. The molecule has 0 saturated heterocycles. The Labute approximate surface area is 109 Å². The highest BCUT2D eigenvalue weighted by molar-refractivity contribution is 7.99. The van der Waals surface area contributed by atoms with Crippen LogP contribution in [0.3, 0.4) is 0 Å². The normalized spacial score (nSPS) is 10.5. The molecule has 0 spiro atoms. The quantitative estimate of drug-likeness (QED) is 0.496. The van der Waals surface area contributed by atoms with E-state index in [-0.39, 0.29) is 5.69 Å². The van der Waals surface area contributed by atoms with Crippen molar-refractivity contribution in [2.75, 3.05) is 5.75 Å². The van der Waals surface area contributed by atoms with Crippen LogP contribution in [0.2, 0.25) is 0 Å². The monoisotopic (exact) mass is 272 g/mol. The standard InChI is InChI=1S/C11H16N2O4S/c1-2-3-4-5-6-18-11-12-7(9(14)15)8(13-11)10(16)17/h2-6H2,1H3,(H,12,13)(H,14,15)(H,16,17). The second kappa shape index (κ2) is 7.05. The Kier molecular flexibility index (Phi) is 5.70. The third kappa shape index (κ3) is 4.06. The van der Waals surface area contributed by atoms with Crippen molar-refractivity contribution in [1.29, 1.82) is 0 Å². The fourth-order valence-electron chi connectivity index (χ4n) is 1.43. The van der Waals surface area contributed by atoms with Crippen molar-refractivity contribution in [3.8, 4) is 0 Å². The molecule has 0 bridgehead atoms. The predicted octanol–water partition coefficient (Wildman–Crippen LogP) is 2.48. The molecule has 6 nitrogen and oxygen atoms in total. The molecule has 0 aromatic carbocycles. The lowest BCUT2D eigenvalue weighted by Crippen LogP contribution is -2.07. The highest BCUT2D eigenvalue weighted by Crippen LogP contribution is 2.19. The zero-order chi connectivity index (χ0) is 13.5. The van der Waals surface area contributed by atoms with Gasteiger partial charge in [0.1, 0.15) is 0 Å². The van der Waals surface area contributed by atoms with Crippen molar-refractivity contribution < 1.29 is 19.8 Å². The molecule has 0 aliphatic heterocycles. The van der Waals surface area contributed by atoms with Gasteiger partial charge in [0.05, 0.1) is 0 Å². The van der Waals surface area contributed by atoms with Gasteiger partial charge in [0.15, 0.2) is 16.5 Å². The second-order valence-corrected chi connectivity index (χ2v) is 4.87. The highest BCUT2D eigenvalue weighted by atomic mass is 32.2. The summed E-state index contributed by atoms with van der Waals surface area (Å²) in [6, 6.07) is 0. The lowest BCUT2D eigenvalue weighted by Gasteiger charge is -1.97. The maximum absolute atomic E-state index is 10.8. The molecule has 0 fully saturated rings.